The number of nitrogens with one attached hydrogen (secondary N) is 1. The van der Waals surface area contributed by atoms with Gasteiger partial charge in [-0.2, -0.15) is 0 Å². The van der Waals surface area contributed by atoms with E-state index in [1.807, 2.05) is 36.1 Å². The number of hydrogen-bond acceptors (Lipinski definition) is 3. The van der Waals surface area contributed by atoms with Crippen molar-refractivity contribution in [2.75, 3.05) is 39.3 Å². The van der Waals surface area contributed by atoms with Gasteiger partial charge in [0.25, 0.3) is 5.91 Å². The molecule has 2 amide bonds. The SMILES string of the molecule is Cc1ccc(C(=O)N2CCC(C(=O)NCCN3CCC[C@@H](c4ccccc4)C3)CC2)cc1. The Hall–Kier alpha value is -2.66. The maximum Gasteiger partial charge on any atom is 0.253 e. The molecular formula is C27H35N3O2. The minimum absolute atomic E-state index is 0.00971. The van der Waals surface area contributed by atoms with E-state index in [0.717, 1.165) is 43.6 Å². The predicted octanol–water partition coefficient (Wildman–Crippen LogP) is 3.84. The number of benzene rings is 2. The Morgan fingerprint density at radius 1 is 0.938 bits per heavy atom. The van der Waals surface area contributed by atoms with Gasteiger partial charge in [-0.25, -0.2) is 0 Å². The first kappa shape index (κ1) is 22.5. The van der Waals surface area contributed by atoms with Crippen molar-refractivity contribution in [2.24, 2.45) is 5.92 Å². The Morgan fingerprint density at radius 3 is 2.38 bits per heavy atom. The molecule has 0 aliphatic carbocycles. The Labute approximate surface area is 191 Å². The number of carbonyl (C=O) groups excluding carboxylic acids is 2. The van der Waals surface area contributed by atoms with Gasteiger partial charge in [0.1, 0.15) is 0 Å². The van der Waals surface area contributed by atoms with Gasteiger partial charge in [-0.05, 0) is 62.8 Å². The Morgan fingerprint density at radius 2 is 1.66 bits per heavy atom. The molecule has 1 N–H and O–H groups in total. The maximum atomic E-state index is 12.7. The van der Waals surface area contributed by atoms with E-state index in [2.05, 4.69) is 40.5 Å². The number of piperidine rings is 2. The van der Waals surface area contributed by atoms with Crippen molar-refractivity contribution in [1.29, 1.82) is 0 Å². The summed E-state index contributed by atoms with van der Waals surface area (Å²) >= 11 is 0. The Balaban J connectivity index is 1.18. The summed E-state index contributed by atoms with van der Waals surface area (Å²) < 4.78 is 0. The normalized spacial score (nSPS) is 20.2. The van der Waals surface area contributed by atoms with Crippen molar-refractivity contribution < 1.29 is 9.59 Å². The molecule has 2 aromatic rings. The minimum atomic E-state index is 0.00971. The van der Waals surface area contributed by atoms with Gasteiger partial charge in [-0.1, -0.05) is 48.0 Å². The van der Waals surface area contributed by atoms with Gasteiger partial charge in [0.05, 0.1) is 0 Å². The molecule has 2 aromatic carbocycles. The first-order valence-corrected chi connectivity index (χ1v) is 12.0. The van der Waals surface area contributed by atoms with Crippen molar-refractivity contribution >= 4 is 11.8 Å². The second-order valence-corrected chi connectivity index (χ2v) is 9.27. The first-order chi connectivity index (χ1) is 15.6. The fraction of sp³-hybridized carbons (Fsp3) is 0.481. The highest BCUT2D eigenvalue weighted by molar-refractivity contribution is 5.94. The summed E-state index contributed by atoms with van der Waals surface area (Å²) in [7, 11) is 0. The standard InChI is InChI=1S/C27H35N3O2/c1-21-9-11-24(12-10-21)27(32)30-17-13-23(14-18-30)26(31)28-15-19-29-16-5-8-25(20-29)22-6-3-2-4-7-22/h2-4,6-7,9-12,23,25H,5,8,13-20H2,1H3,(H,28,31)/t25-/m1/s1. The molecule has 0 saturated carbocycles. The molecule has 2 aliphatic heterocycles. The number of amides is 2. The number of likely N-dealkylation sites (tertiary alicyclic amines) is 2. The van der Waals surface area contributed by atoms with E-state index in [4.69, 9.17) is 0 Å². The van der Waals surface area contributed by atoms with Crippen molar-refractivity contribution in [3.05, 3.63) is 71.3 Å². The summed E-state index contributed by atoms with van der Waals surface area (Å²) in [5.41, 5.74) is 3.30. The fourth-order valence-electron chi connectivity index (χ4n) is 4.96. The van der Waals surface area contributed by atoms with Crippen molar-refractivity contribution in [1.82, 2.24) is 15.1 Å². The van der Waals surface area contributed by atoms with Crippen LogP contribution < -0.4 is 5.32 Å². The van der Waals surface area contributed by atoms with Gasteiger partial charge in [0.2, 0.25) is 5.91 Å². The number of rotatable bonds is 6. The quantitative estimate of drug-likeness (QED) is 0.753. The van der Waals surface area contributed by atoms with Crippen LogP contribution in [0.1, 0.15) is 53.1 Å². The highest BCUT2D eigenvalue weighted by Crippen LogP contribution is 2.26. The van der Waals surface area contributed by atoms with Gasteiger partial charge >= 0.3 is 0 Å². The van der Waals surface area contributed by atoms with Crippen LogP contribution in [0.25, 0.3) is 0 Å². The molecule has 2 heterocycles. The van der Waals surface area contributed by atoms with Gasteiger partial charge in [0.15, 0.2) is 0 Å². The lowest BCUT2D eigenvalue weighted by atomic mass is 9.91. The van der Waals surface area contributed by atoms with E-state index < -0.39 is 0 Å². The molecule has 2 aliphatic rings. The van der Waals surface area contributed by atoms with Gasteiger partial charge < -0.3 is 15.1 Å². The third kappa shape index (κ3) is 5.77. The zero-order chi connectivity index (χ0) is 22.3. The zero-order valence-corrected chi connectivity index (χ0v) is 19.1. The predicted molar refractivity (Wildman–Crippen MR) is 128 cm³/mol. The zero-order valence-electron chi connectivity index (χ0n) is 19.1. The second-order valence-electron chi connectivity index (χ2n) is 9.27. The molecule has 1 atom stereocenters. The van der Waals surface area contributed by atoms with E-state index in [1.54, 1.807) is 0 Å². The number of nitrogens with zero attached hydrogens (tertiary/aromatic N) is 2. The largest absolute Gasteiger partial charge is 0.355 e. The van der Waals surface area contributed by atoms with Gasteiger partial charge in [-0.3, -0.25) is 9.59 Å². The average molecular weight is 434 g/mol. The number of aryl methyl sites for hydroxylation is 1. The van der Waals surface area contributed by atoms with Crippen LogP contribution in [-0.2, 0) is 4.79 Å². The minimum Gasteiger partial charge on any atom is -0.355 e. The lowest BCUT2D eigenvalue weighted by molar-refractivity contribution is -0.126. The molecule has 5 nitrogen and oxygen atoms in total. The molecule has 170 valence electrons. The van der Waals surface area contributed by atoms with E-state index in [9.17, 15) is 9.59 Å². The molecule has 0 bridgehead atoms. The number of hydrogen-bond donors (Lipinski definition) is 1. The summed E-state index contributed by atoms with van der Waals surface area (Å²) in [5, 5.41) is 3.15. The molecule has 0 spiro atoms. The molecular weight excluding hydrogens is 398 g/mol. The summed E-state index contributed by atoms with van der Waals surface area (Å²) in [4.78, 5) is 29.7. The van der Waals surface area contributed by atoms with Gasteiger partial charge in [0, 0.05) is 44.2 Å². The average Bonchev–Trinajstić information content (AvgIpc) is 2.85. The highest BCUT2D eigenvalue weighted by Gasteiger charge is 2.28. The molecule has 2 fully saturated rings. The molecule has 32 heavy (non-hydrogen) atoms. The van der Waals surface area contributed by atoms with Crippen LogP contribution >= 0.6 is 0 Å². The third-order valence-electron chi connectivity index (χ3n) is 6.96. The summed E-state index contributed by atoms with van der Waals surface area (Å²) in [6, 6.07) is 18.5. The first-order valence-electron chi connectivity index (χ1n) is 12.0. The van der Waals surface area contributed by atoms with Crippen molar-refractivity contribution in [3.63, 3.8) is 0 Å². The lowest BCUT2D eigenvalue weighted by Crippen LogP contribution is -2.45. The molecule has 0 radical (unpaired) electrons. The van der Waals surface area contributed by atoms with Crippen LogP contribution in [0.2, 0.25) is 0 Å². The van der Waals surface area contributed by atoms with Crippen LogP contribution in [0.3, 0.4) is 0 Å². The molecule has 0 aromatic heterocycles. The number of carbonyl (C=O) groups is 2. The topological polar surface area (TPSA) is 52.7 Å². The van der Waals surface area contributed by atoms with Crippen LogP contribution in [0.4, 0.5) is 0 Å². The lowest BCUT2D eigenvalue weighted by Gasteiger charge is -2.33. The van der Waals surface area contributed by atoms with Crippen LogP contribution in [0.15, 0.2) is 54.6 Å². The van der Waals surface area contributed by atoms with Crippen molar-refractivity contribution in [2.45, 2.75) is 38.5 Å². The van der Waals surface area contributed by atoms with Gasteiger partial charge in [-0.15, -0.1) is 0 Å². The third-order valence-corrected chi connectivity index (χ3v) is 6.96. The van der Waals surface area contributed by atoms with E-state index in [1.165, 1.54) is 18.4 Å². The fourth-order valence-corrected chi connectivity index (χ4v) is 4.96. The summed E-state index contributed by atoms with van der Waals surface area (Å²) in [5.74, 6) is 0.817. The van der Waals surface area contributed by atoms with Crippen LogP contribution in [0, 0.1) is 12.8 Å². The van der Waals surface area contributed by atoms with Crippen molar-refractivity contribution in [3.8, 4) is 0 Å². The Bertz CT molecular complexity index is 889. The van der Waals surface area contributed by atoms with Crippen LogP contribution in [-0.4, -0.2) is 60.9 Å². The smallest absolute Gasteiger partial charge is 0.253 e. The van der Waals surface area contributed by atoms with E-state index in [-0.39, 0.29) is 17.7 Å². The molecule has 2 saturated heterocycles. The van der Waals surface area contributed by atoms with Crippen LogP contribution in [0.5, 0.6) is 0 Å². The van der Waals surface area contributed by atoms with E-state index >= 15 is 0 Å². The highest BCUT2D eigenvalue weighted by atomic mass is 16.2. The summed E-state index contributed by atoms with van der Waals surface area (Å²) in [6.07, 6.45) is 3.93. The monoisotopic (exact) mass is 433 g/mol. The second kappa shape index (κ2) is 10.8. The Kier molecular flexibility index (Phi) is 7.59. The molecule has 5 heteroatoms. The molecule has 0 unspecified atom stereocenters. The van der Waals surface area contributed by atoms with E-state index in [0.29, 0.717) is 25.6 Å². The maximum absolute atomic E-state index is 12.7. The molecule has 4 rings (SSSR count). The summed E-state index contributed by atoms with van der Waals surface area (Å²) in [6.45, 7) is 7.09.